The highest BCUT2D eigenvalue weighted by atomic mass is 19.1. The van der Waals surface area contributed by atoms with Crippen molar-refractivity contribution in [2.24, 2.45) is 0 Å². The largest absolute Gasteiger partial charge is 0.444 e. The van der Waals surface area contributed by atoms with Crippen LogP contribution in [0.5, 0.6) is 0 Å². The summed E-state index contributed by atoms with van der Waals surface area (Å²) in [5.74, 6) is -1.94. The van der Waals surface area contributed by atoms with E-state index < -0.39 is 28.7 Å². The first kappa shape index (κ1) is 28.0. The second kappa shape index (κ2) is 10.8. The van der Waals surface area contributed by atoms with Crippen molar-refractivity contribution in [2.45, 2.75) is 51.3 Å². The number of rotatable bonds is 5. The van der Waals surface area contributed by atoms with Crippen molar-refractivity contribution in [1.82, 2.24) is 20.2 Å². The van der Waals surface area contributed by atoms with Crippen LogP contribution in [0.1, 0.15) is 55.2 Å². The number of likely N-dealkylation sites (tertiary alicyclic amines) is 1. The summed E-state index contributed by atoms with van der Waals surface area (Å²) in [7, 11) is 0. The Kier molecular flexibility index (Phi) is 7.34. The van der Waals surface area contributed by atoms with Gasteiger partial charge in [0.1, 0.15) is 29.0 Å². The second-order valence-corrected chi connectivity index (χ2v) is 11.4. The first-order chi connectivity index (χ1) is 19.5. The fourth-order valence-corrected chi connectivity index (χ4v) is 5.42. The number of nitriles is 1. The monoisotopic (exact) mass is 560 g/mol. The third-order valence-corrected chi connectivity index (χ3v) is 7.36. The van der Waals surface area contributed by atoms with Gasteiger partial charge < -0.3 is 19.9 Å². The number of hydrogen-bond donors (Lipinski definition) is 1. The summed E-state index contributed by atoms with van der Waals surface area (Å²) in [6, 6.07) is 8.44. The van der Waals surface area contributed by atoms with Crippen LogP contribution >= 0.6 is 0 Å². The van der Waals surface area contributed by atoms with Crippen LogP contribution in [0.4, 0.5) is 19.3 Å². The van der Waals surface area contributed by atoms with Crippen molar-refractivity contribution in [2.75, 3.05) is 24.5 Å². The number of carbonyl (C=O) groups excluding carboxylic acids is 2. The highest BCUT2D eigenvalue weighted by molar-refractivity contribution is 6.03. The Hall–Kier alpha value is -4.59. The maximum atomic E-state index is 14.3. The molecule has 212 valence electrons. The molecule has 0 aliphatic carbocycles. The Bertz CT molecular complexity index is 1530. The van der Waals surface area contributed by atoms with E-state index in [9.17, 15) is 18.4 Å². The molecule has 2 amide bonds. The molecule has 0 bridgehead atoms. The number of amides is 2. The molecule has 1 spiro atoms. The van der Waals surface area contributed by atoms with E-state index >= 15 is 0 Å². The summed E-state index contributed by atoms with van der Waals surface area (Å²) in [5, 5.41) is 12.0. The quantitative estimate of drug-likeness (QED) is 0.477. The number of anilines is 1. The lowest BCUT2D eigenvalue weighted by atomic mass is 9.84. The molecule has 9 nitrogen and oxygen atoms in total. The lowest BCUT2D eigenvalue weighted by Crippen LogP contribution is -2.64. The molecule has 11 heteroatoms. The van der Waals surface area contributed by atoms with Crippen molar-refractivity contribution < 1.29 is 23.1 Å². The van der Waals surface area contributed by atoms with Gasteiger partial charge in [-0.2, -0.15) is 5.26 Å². The van der Waals surface area contributed by atoms with Crippen LogP contribution in [0.2, 0.25) is 0 Å². The van der Waals surface area contributed by atoms with E-state index in [2.05, 4.69) is 15.3 Å². The van der Waals surface area contributed by atoms with Gasteiger partial charge in [0.15, 0.2) is 0 Å². The molecule has 2 aliphatic rings. The van der Waals surface area contributed by atoms with E-state index in [-0.39, 0.29) is 29.5 Å². The molecule has 2 aliphatic heterocycles. The molecule has 1 atom stereocenters. The maximum absolute atomic E-state index is 14.3. The van der Waals surface area contributed by atoms with Crippen molar-refractivity contribution in [3.63, 3.8) is 0 Å². The predicted octanol–water partition coefficient (Wildman–Crippen LogP) is 4.81. The zero-order valence-electron chi connectivity index (χ0n) is 23.1. The van der Waals surface area contributed by atoms with E-state index in [1.807, 2.05) is 31.7 Å². The zero-order valence-corrected chi connectivity index (χ0v) is 23.1. The fourth-order valence-electron chi connectivity index (χ4n) is 5.42. The van der Waals surface area contributed by atoms with E-state index in [1.54, 1.807) is 17.0 Å². The molecule has 1 N–H and O–H groups in total. The van der Waals surface area contributed by atoms with Crippen LogP contribution in [0.3, 0.4) is 0 Å². The van der Waals surface area contributed by atoms with Crippen LogP contribution in [0.25, 0.3) is 11.1 Å². The van der Waals surface area contributed by atoms with Gasteiger partial charge in [-0.15, -0.1) is 0 Å². The molecule has 41 heavy (non-hydrogen) atoms. The number of benzene rings is 1. The second-order valence-electron chi connectivity index (χ2n) is 11.4. The molecule has 1 aromatic carbocycles. The average Bonchev–Trinajstić information content (AvgIpc) is 3.37. The Morgan fingerprint density at radius 2 is 1.85 bits per heavy atom. The van der Waals surface area contributed by atoms with Crippen molar-refractivity contribution in [3.05, 3.63) is 77.4 Å². The first-order valence-corrected chi connectivity index (χ1v) is 13.3. The minimum Gasteiger partial charge on any atom is -0.444 e. The molecule has 2 fully saturated rings. The van der Waals surface area contributed by atoms with Gasteiger partial charge in [0.2, 0.25) is 0 Å². The normalized spacial score (nSPS) is 18.1. The smallest absolute Gasteiger partial charge is 0.410 e. The minimum absolute atomic E-state index is 0.130. The van der Waals surface area contributed by atoms with E-state index in [0.29, 0.717) is 42.9 Å². The van der Waals surface area contributed by atoms with Crippen LogP contribution in [0, 0.1) is 23.0 Å². The number of hydrogen-bond acceptors (Lipinski definition) is 7. The summed E-state index contributed by atoms with van der Waals surface area (Å²) in [5.41, 5.74) is 1.13. The molecular weight excluding hydrogens is 530 g/mol. The van der Waals surface area contributed by atoms with Gasteiger partial charge in [-0.05, 0) is 69.0 Å². The van der Waals surface area contributed by atoms with Gasteiger partial charge in [-0.25, -0.2) is 18.6 Å². The number of nitrogens with one attached hydrogen (secondary N) is 1. The molecule has 0 radical (unpaired) electrons. The average molecular weight is 561 g/mol. The third kappa shape index (κ3) is 5.82. The topological polar surface area (TPSA) is 111 Å². The molecule has 2 saturated heterocycles. The zero-order chi connectivity index (χ0) is 29.4. The number of nitrogens with zero attached hydrogens (tertiary/aromatic N) is 5. The lowest BCUT2D eigenvalue weighted by molar-refractivity contribution is -0.0362. The van der Waals surface area contributed by atoms with E-state index in [1.165, 1.54) is 30.7 Å². The van der Waals surface area contributed by atoms with Crippen LogP contribution in [-0.4, -0.2) is 57.6 Å². The molecular formula is C30H30F2N6O3. The maximum Gasteiger partial charge on any atom is 0.410 e. The molecule has 3 aromatic rings. The van der Waals surface area contributed by atoms with Crippen molar-refractivity contribution in [3.8, 4) is 17.2 Å². The summed E-state index contributed by atoms with van der Waals surface area (Å²) >= 11 is 0. The number of ether oxygens (including phenoxy) is 1. The highest BCUT2D eigenvalue weighted by Crippen LogP contribution is 2.44. The van der Waals surface area contributed by atoms with E-state index in [4.69, 9.17) is 10.00 Å². The fraction of sp³-hybridized carbons (Fsp3) is 0.367. The summed E-state index contributed by atoms with van der Waals surface area (Å²) < 4.78 is 34.2. The summed E-state index contributed by atoms with van der Waals surface area (Å²) in [6.07, 6.45) is 5.42. The molecule has 2 aromatic heterocycles. The van der Waals surface area contributed by atoms with Gasteiger partial charge >= 0.3 is 6.09 Å². The van der Waals surface area contributed by atoms with Crippen LogP contribution in [-0.2, 0) is 11.3 Å². The SMILES string of the molecule is CC(C)(C)OC(=O)N1CC[C@@]12CCN(c1c(C(=O)NCc3ccnc(C#N)c3)cncc1-c1cc(F)cc(F)c1)C2. The van der Waals surface area contributed by atoms with E-state index in [0.717, 1.165) is 12.5 Å². The molecule has 0 saturated carbocycles. The Labute approximate surface area is 236 Å². The Morgan fingerprint density at radius 1 is 1.12 bits per heavy atom. The number of aromatic nitrogens is 2. The Balaban J connectivity index is 1.48. The number of halogens is 2. The van der Waals surface area contributed by atoms with Gasteiger partial charge in [0.05, 0.1) is 16.8 Å². The van der Waals surface area contributed by atoms with Crippen molar-refractivity contribution in [1.29, 1.82) is 5.26 Å². The van der Waals surface area contributed by atoms with Gasteiger partial charge in [-0.3, -0.25) is 9.78 Å². The molecule has 5 rings (SSSR count). The standard InChI is InChI=1S/C30H30F2N6O3/c1-29(2,3)41-28(40)38-9-6-30(38)5-8-37(18-30)26-24(20-11-21(31)13-22(32)12-20)16-34-17-25(26)27(39)36-15-19-4-7-35-23(10-19)14-33/h4,7,10-13,16-17H,5-6,8-9,15,18H2,1-3H3,(H,36,39)/t30-/m1/s1. The summed E-state index contributed by atoms with van der Waals surface area (Å²) in [4.78, 5) is 38.4. The van der Waals surface area contributed by atoms with Crippen LogP contribution < -0.4 is 10.2 Å². The van der Waals surface area contributed by atoms with Crippen molar-refractivity contribution >= 4 is 17.7 Å². The van der Waals surface area contributed by atoms with Crippen LogP contribution in [0.15, 0.2) is 48.9 Å². The minimum atomic E-state index is -0.750. The molecule has 4 heterocycles. The molecule has 0 unspecified atom stereocenters. The summed E-state index contributed by atoms with van der Waals surface area (Å²) in [6.45, 7) is 7.06. The number of carbonyl (C=O) groups is 2. The third-order valence-electron chi connectivity index (χ3n) is 7.36. The van der Waals surface area contributed by atoms with Gasteiger partial charge in [0, 0.05) is 56.4 Å². The van der Waals surface area contributed by atoms with Gasteiger partial charge in [-0.1, -0.05) is 0 Å². The van der Waals surface area contributed by atoms with Gasteiger partial charge in [0.25, 0.3) is 5.91 Å². The Morgan fingerprint density at radius 3 is 2.51 bits per heavy atom. The number of pyridine rings is 2. The lowest BCUT2D eigenvalue weighted by Gasteiger charge is -2.50. The first-order valence-electron chi connectivity index (χ1n) is 13.3. The highest BCUT2D eigenvalue weighted by Gasteiger charge is 2.53. The predicted molar refractivity (Wildman–Crippen MR) is 147 cm³/mol.